The third kappa shape index (κ3) is 8.96. The van der Waals surface area contributed by atoms with Crippen LogP contribution in [0.2, 0.25) is 5.02 Å². The molecule has 0 aliphatic carbocycles. The molecule has 0 bridgehead atoms. The van der Waals surface area contributed by atoms with E-state index in [1.807, 2.05) is 66.5 Å². The number of aromatic nitrogens is 2. The number of hydrogen-bond acceptors (Lipinski definition) is 12. The summed E-state index contributed by atoms with van der Waals surface area (Å²) in [5, 5.41) is 9.82. The standard InChI is InChI=1S/C41H46ClN8O6PS/c1-48(37(52)18-21-58-35-11-7-8-27-28(35)24-50(40(27)54)32-14-15-36(51)46-39(32)53)25-16-19-49(20-17-25)26-12-13-30(33(22-26)56-2)45-41-43-23-29(42)38(47-41)44-31-9-5-6-10-34(31)57(3,4)55/h5-13,22-23,25,32H,14-21,24H2,1-4H3,(H,46,51,53)(H2,43,44,45,47). The molecule has 3 aromatic carbocycles. The highest BCUT2D eigenvalue weighted by molar-refractivity contribution is 7.99. The molecule has 2 saturated heterocycles. The SMILES string of the molecule is COc1cc(N2CCC(N(C)C(=O)CCSc3cccc4c3CN(C3CCC(=O)NC3=O)C4=O)CC2)ccc1Nc1ncc(Cl)c(Nc2ccccc2P(C)(C)=O)n1. The normalized spacial score (nSPS) is 17.2. The number of methoxy groups -OCH3 is 1. The van der Waals surface area contributed by atoms with Crippen LogP contribution in [0.4, 0.5) is 28.8 Å². The van der Waals surface area contributed by atoms with Gasteiger partial charge in [0.2, 0.25) is 23.7 Å². The molecule has 17 heteroatoms. The number of rotatable bonds is 13. The van der Waals surface area contributed by atoms with Gasteiger partial charge in [0, 0.05) is 78.8 Å². The Bertz CT molecular complexity index is 2300. The summed E-state index contributed by atoms with van der Waals surface area (Å²) in [5.41, 5.74) is 3.76. The minimum atomic E-state index is -2.57. The van der Waals surface area contributed by atoms with E-state index in [-0.39, 0.29) is 30.2 Å². The summed E-state index contributed by atoms with van der Waals surface area (Å²) in [7, 11) is 0.914. The molecule has 3 aliphatic rings. The number of carbonyl (C=O) groups is 4. The number of nitrogens with zero attached hydrogens (tertiary/aromatic N) is 5. The molecule has 1 unspecified atom stereocenters. The van der Waals surface area contributed by atoms with Crippen LogP contribution in [0.15, 0.2) is 71.8 Å². The van der Waals surface area contributed by atoms with E-state index < -0.39 is 19.1 Å². The Morgan fingerprint density at radius 3 is 2.55 bits per heavy atom. The fraction of sp³-hybridized carbons (Fsp3) is 0.366. The highest BCUT2D eigenvalue weighted by atomic mass is 35.5. The molecule has 7 rings (SSSR count). The molecule has 1 aromatic heterocycles. The number of amides is 4. The maximum Gasteiger partial charge on any atom is 0.255 e. The smallest absolute Gasteiger partial charge is 0.255 e. The predicted octanol–water partition coefficient (Wildman–Crippen LogP) is 6.24. The minimum Gasteiger partial charge on any atom is -0.494 e. The summed E-state index contributed by atoms with van der Waals surface area (Å²) >= 11 is 8.00. The lowest BCUT2D eigenvalue weighted by Crippen LogP contribution is -2.52. The Hall–Kier alpha value is -5.11. The van der Waals surface area contributed by atoms with Crippen molar-refractivity contribution in [2.45, 2.75) is 55.6 Å². The molecule has 3 N–H and O–H groups in total. The highest BCUT2D eigenvalue weighted by Gasteiger charge is 2.40. The van der Waals surface area contributed by atoms with Gasteiger partial charge in [-0.2, -0.15) is 4.98 Å². The fourth-order valence-electron chi connectivity index (χ4n) is 7.62. The van der Waals surface area contributed by atoms with Crippen molar-refractivity contribution in [1.29, 1.82) is 0 Å². The third-order valence-electron chi connectivity index (χ3n) is 10.8. The Balaban J connectivity index is 0.913. The number of piperidine rings is 2. The van der Waals surface area contributed by atoms with Crippen LogP contribution in [0, 0.1) is 0 Å². The van der Waals surface area contributed by atoms with Gasteiger partial charge >= 0.3 is 0 Å². The zero-order chi connectivity index (χ0) is 41.1. The number of imide groups is 1. The van der Waals surface area contributed by atoms with E-state index in [0.29, 0.717) is 69.9 Å². The van der Waals surface area contributed by atoms with Crippen molar-refractivity contribution in [2.24, 2.45) is 0 Å². The van der Waals surface area contributed by atoms with Gasteiger partial charge in [-0.15, -0.1) is 11.8 Å². The molecule has 0 radical (unpaired) electrons. The van der Waals surface area contributed by atoms with Crippen molar-refractivity contribution >= 4 is 88.3 Å². The summed E-state index contributed by atoms with van der Waals surface area (Å²) < 4.78 is 18.7. The Labute approximate surface area is 346 Å². The second-order valence-electron chi connectivity index (χ2n) is 14.9. The lowest BCUT2D eigenvalue weighted by Gasteiger charge is -2.38. The number of nitrogens with one attached hydrogen (secondary N) is 3. The molecule has 58 heavy (non-hydrogen) atoms. The zero-order valence-electron chi connectivity index (χ0n) is 32.8. The van der Waals surface area contributed by atoms with Gasteiger partial charge in [0.1, 0.15) is 24.0 Å². The number of anilines is 5. The molecule has 4 aromatic rings. The average molecular weight is 845 g/mol. The Morgan fingerprint density at radius 1 is 1.03 bits per heavy atom. The summed E-state index contributed by atoms with van der Waals surface area (Å²) in [6.45, 7) is 5.26. The Kier molecular flexibility index (Phi) is 12.3. The van der Waals surface area contributed by atoms with E-state index >= 15 is 0 Å². The number of halogens is 1. The van der Waals surface area contributed by atoms with Crippen molar-refractivity contribution < 1.29 is 28.5 Å². The first-order chi connectivity index (χ1) is 27.8. The molecule has 1 atom stereocenters. The maximum atomic E-state index is 13.4. The van der Waals surface area contributed by atoms with E-state index in [0.717, 1.165) is 42.1 Å². The van der Waals surface area contributed by atoms with E-state index in [2.05, 4.69) is 30.8 Å². The predicted molar refractivity (Wildman–Crippen MR) is 228 cm³/mol. The molecular weight excluding hydrogens is 799 g/mol. The van der Waals surface area contributed by atoms with Crippen molar-refractivity contribution in [3.63, 3.8) is 0 Å². The van der Waals surface area contributed by atoms with Gasteiger partial charge in [-0.1, -0.05) is 29.8 Å². The molecule has 304 valence electrons. The maximum absolute atomic E-state index is 13.4. The quantitative estimate of drug-likeness (QED) is 0.0789. The molecule has 0 spiro atoms. The van der Waals surface area contributed by atoms with E-state index in [9.17, 15) is 23.7 Å². The van der Waals surface area contributed by atoms with Gasteiger partial charge in [-0.3, -0.25) is 24.5 Å². The first-order valence-electron chi connectivity index (χ1n) is 19.1. The lowest BCUT2D eigenvalue weighted by molar-refractivity contribution is -0.137. The molecule has 4 heterocycles. The van der Waals surface area contributed by atoms with Gasteiger partial charge in [0.05, 0.1) is 24.7 Å². The van der Waals surface area contributed by atoms with Crippen LogP contribution in [0.1, 0.15) is 48.0 Å². The van der Waals surface area contributed by atoms with Crippen LogP contribution < -0.4 is 30.9 Å². The van der Waals surface area contributed by atoms with Crippen molar-refractivity contribution in [1.82, 2.24) is 25.1 Å². The Morgan fingerprint density at radius 2 is 1.81 bits per heavy atom. The third-order valence-corrected chi connectivity index (χ3v) is 13.7. The molecule has 3 aliphatic heterocycles. The highest BCUT2D eigenvalue weighted by Crippen LogP contribution is 2.39. The number of hydrogen-bond donors (Lipinski definition) is 3. The van der Waals surface area contributed by atoms with Gasteiger partial charge in [-0.25, -0.2) is 4.98 Å². The van der Waals surface area contributed by atoms with Crippen molar-refractivity contribution in [3.8, 4) is 5.75 Å². The number of fused-ring (bicyclic) bond motifs is 1. The van der Waals surface area contributed by atoms with Gasteiger partial charge < -0.3 is 34.6 Å². The number of carbonyl (C=O) groups excluding carboxylic acids is 4. The molecule has 14 nitrogen and oxygen atoms in total. The summed E-state index contributed by atoms with van der Waals surface area (Å²) in [6.07, 6.45) is 3.99. The van der Waals surface area contributed by atoms with Crippen LogP contribution >= 0.6 is 30.5 Å². The molecule has 0 saturated carbocycles. The van der Waals surface area contributed by atoms with E-state index in [1.54, 1.807) is 43.2 Å². The second kappa shape index (κ2) is 17.4. The van der Waals surface area contributed by atoms with Crippen molar-refractivity contribution in [2.75, 3.05) is 61.9 Å². The average Bonchev–Trinajstić information content (AvgIpc) is 3.55. The van der Waals surface area contributed by atoms with Crippen LogP contribution in [0.5, 0.6) is 5.75 Å². The zero-order valence-corrected chi connectivity index (χ0v) is 35.3. The van der Waals surface area contributed by atoms with Crippen LogP contribution in [0.25, 0.3) is 0 Å². The van der Waals surface area contributed by atoms with Gasteiger partial charge in [0.15, 0.2) is 5.82 Å². The summed E-state index contributed by atoms with van der Waals surface area (Å²) in [4.78, 5) is 66.3. The second-order valence-corrected chi connectivity index (χ2v) is 19.6. The first-order valence-corrected chi connectivity index (χ1v) is 23.1. The number of para-hydroxylation sites is 1. The van der Waals surface area contributed by atoms with Gasteiger partial charge in [-0.05, 0) is 74.6 Å². The fourth-order valence-corrected chi connectivity index (χ4v) is 9.94. The monoisotopic (exact) mass is 844 g/mol. The molecular formula is C41H46ClN8O6PS. The largest absolute Gasteiger partial charge is 0.494 e. The first kappa shape index (κ1) is 41.1. The number of ether oxygens (including phenoxy) is 1. The number of benzene rings is 3. The van der Waals surface area contributed by atoms with E-state index in [4.69, 9.17) is 16.3 Å². The summed E-state index contributed by atoms with van der Waals surface area (Å²) in [5.74, 6) is 0.953. The topological polar surface area (TPSA) is 166 Å². The van der Waals surface area contributed by atoms with E-state index in [1.165, 1.54) is 6.20 Å². The molecule has 2 fully saturated rings. The summed E-state index contributed by atoms with van der Waals surface area (Å²) in [6, 6.07) is 18.3. The van der Waals surface area contributed by atoms with Crippen LogP contribution in [0.3, 0.4) is 0 Å². The number of thioether (sulfide) groups is 1. The van der Waals surface area contributed by atoms with Crippen molar-refractivity contribution in [3.05, 3.63) is 83.0 Å². The molecule has 4 amide bonds. The lowest BCUT2D eigenvalue weighted by atomic mass is 10.0. The van der Waals surface area contributed by atoms with Crippen LogP contribution in [-0.2, 0) is 25.5 Å². The van der Waals surface area contributed by atoms with Crippen LogP contribution in [-0.4, -0.2) is 102 Å². The minimum absolute atomic E-state index is 0.0691. The van der Waals surface area contributed by atoms with Gasteiger partial charge in [0.25, 0.3) is 5.91 Å².